The molecule has 11 atom stereocenters. The molecule has 0 bridgehead atoms. The van der Waals surface area contributed by atoms with Crippen molar-refractivity contribution >= 4 is 5.78 Å². The molecule has 1 aromatic carbocycles. The van der Waals surface area contributed by atoms with Gasteiger partial charge in [-0.2, -0.15) is 0 Å². The first kappa shape index (κ1) is 106. The lowest BCUT2D eigenvalue weighted by atomic mass is 9.70. The van der Waals surface area contributed by atoms with E-state index >= 15 is 4.79 Å². The number of hydrogen-bond acceptors (Lipinski definition) is 8. The van der Waals surface area contributed by atoms with Gasteiger partial charge in [0.05, 0.1) is 49.8 Å². The van der Waals surface area contributed by atoms with E-state index in [4.69, 9.17) is 30.3 Å². The van der Waals surface area contributed by atoms with Crippen LogP contribution >= 0.6 is 0 Å². The number of phenols is 1. The van der Waals surface area contributed by atoms with Crippen molar-refractivity contribution in [3.8, 4) is 17.2 Å². The molecule has 1 aromatic rings. The highest BCUT2D eigenvalue weighted by Crippen LogP contribution is 2.46. The normalized spacial score (nSPS) is 20.5. The summed E-state index contributed by atoms with van der Waals surface area (Å²) < 4.78 is 33.8. The van der Waals surface area contributed by atoms with Gasteiger partial charge in [0.15, 0.2) is 17.3 Å². The number of aromatic hydroxyl groups is 1. The second-order valence-corrected chi connectivity index (χ2v) is 39.2. The molecule has 119 heavy (non-hydrogen) atoms. The summed E-state index contributed by atoms with van der Waals surface area (Å²) >= 11 is 0. The predicted octanol–water partition coefficient (Wildman–Crippen LogP) is 32.3. The topological polar surface area (TPSA) is 104 Å². The first-order chi connectivity index (χ1) is 56.5. The highest BCUT2D eigenvalue weighted by Gasteiger charge is 2.49. The molecule has 0 radical (unpaired) electrons. The van der Waals surface area contributed by atoms with Crippen LogP contribution in [-0.2, 0) is 25.4 Å². The second-order valence-electron chi connectivity index (χ2n) is 39.2. The van der Waals surface area contributed by atoms with Crippen molar-refractivity contribution in [1.29, 1.82) is 0 Å². The van der Waals surface area contributed by atoms with Gasteiger partial charge in [-0.15, -0.1) is 0 Å². The molecule has 1 saturated heterocycles. The Morgan fingerprint density at radius 2 is 0.992 bits per heavy atom. The molecule has 0 saturated carbocycles. The van der Waals surface area contributed by atoms with Crippen LogP contribution in [0.4, 0.5) is 0 Å². The van der Waals surface area contributed by atoms with E-state index < -0.39 is 17.3 Å². The zero-order chi connectivity index (χ0) is 88.1. The average molecular weight is 1640 g/mol. The molecule has 8 nitrogen and oxygen atoms in total. The van der Waals surface area contributed by atoms with Crippen molar-refractivity contribution in [2.24, 2.45) is 34.5 Å². The third-order valence-corrected chi connectivity index (χ3v) is 27.3. The number of methoxy groups -OCH3 is 2. The minimum absolute atomic E-state index is 0.0824. The Balaban J connectivity index is 1.55. The summed E-state index contributed by atoms with van der Waals surface area (Å²) in [7, 11) is 3.23. The monoisotopic (exact) mass is 1640 g/mol. The summed E-state index contributed by atoms with van der Waals surface area (Å²) in [6.07, 6.45) is 72.2. The number of benzene rings is 1. The first-order valence-corrected chi connectivity index (χ1v) is 47.8. The van der Waals surface area contributed by atoms with Gasteiger partial charge in [0.2, 0.25) is 0 Å². The number of carbonyl (C=O) groups is 1. The molecular formula is C111H178O8. The summed E-state index contributed by atoms with van der Waals surface area (Å²) in [5, 5.41) is 23.2. The molecule has 1 heterocycles. The number of unbranched alkanes of at least 4 members (excludes halogenated alkanes) is 21. The van der Waals surface area contributed by atoms with Crippen LogP contribution in [0.1, 0.15) is 388 Å². The van der Waals surface area contributed by atoms with Gasteiger partial charge in [-0.3, -0.25) is 4.79 Å². The Labute approximate surface area is 732 Å². The Kier molecular flexibility index (Phi) is 49.8. The summed E-state index contributed by atoms with van der Waals surface area (Å²) in [4.78, 5) is 15.3. The van der Waals surface area contributed by atoms with Crippen LogP contribution < -0.4 is 9.47 Å². The molecule has 11 unspecified atom stereocenters. The molecule has 1 fully saturated rings. The van der Waals surface area contributed by atoms with Crippen LogP contribution in [0.3, 0.4) is 0 Å². The van der Waals surface area contributed by atoms with E-state index in [0.717, 1.165) is 143 Å². The lowest BCUT2D eigenvalue weighted by Gasteiger charge is -2.44. The lowest BCUT2D eigenvalue weighted by molar-refractivity contribution is -0.214. The maximum absolute atomic E-state index is 15.3. The van der Waals surface area contributed by atoms with Crippen molar-refractivity contribution in [2.45, 2.75) is 430 Å². The van der Waals surface area contributed by atoms with Gasteiger partial charge < -0.3 is 33.9 Å². The van der Waals surface area contributed by atoms with Crippen molar-refractivity contribution < 1.29 is 38.7 Å². The Morgan fingerprint density at radius 3 is 1.47 bits per heavy atom. The van der Waals surface area contributed by atoms with Crippen molar-refractivity contribution in [3.05, 3.63) is 196 Å². The largest absolute Gasteiger partial charge is 0.504 e. The standard InChI is InChI=1S/C111H178O8/c1-26-27-28-29-44-47-62-100(117-103-81-109(20,21)99(95(17)106(103)112)71-65-87(9)59-52-57-85(7)55-50-49-54-84(6)56-51-58-86(8)64-70-98-94(16)60-53-76-108(98,18)19)101(63-48-45-42-40-38-36-34-32-30-31-33-35-37-39-41-43-46-61-96-79-97(115-24)80-102(116-25)107(96)113)119-111(23,78-75-93(15)91(13)69-67-89(11)83(4)5)105-73-72-104(118-105)110(22,114)77-74-92(14)90(12)68-66-88(10)82(2)3/h49-52,54-59,64-65,70-71,79-80,88-89,92-93,100-101,103-105,113-114H,2,4,12-13,26-48,53,60-63,66-69,72-78,81H2,1,3,5-11,14-25H3. The minimum atomic E-state index is -1.03. The maximum atomic E-state index is 15.3. The van der Waals surface area contributed by atoms with Crippen LogP contribution in [0, 0.1) is 34.5 Å². The number of allylic oxidation sites excluding steroid dienone is 25. The van der Waals surface area contributed by atoms with Crippen molar-refractivity contribution in [3.63, 3.8) is 0 Å². The number of aryl methyl sites for hydroxylation is 1. The molecule has 8 heteroatoms. The lowest BCUT2D eigenvalue weighted by Crippen LogP contribution is -2.51. The zero-order valence-electron chi connectivity index (χ0n) is 80.4. The molecule has 3 aliphatic rings. The predicted molar refractivity (Wildman–Crippen MR) is 515 cm³/mol. The van der Waals surface area contributed by atoms with Crippen molar-refractivity contribution in [1.82, 2.24) is 0 Å². The number of phenolic OH excluding ortho intramolecular Hbond substituents is 1. The van der Waals surface area contributed by atoms with E-state index in [-0.39, 0.29) is 58.6 Å². The SMILES string of the molecule is C=C(C)C(C)CCC(=C)C(C)CCC(C)(O)C1CCC(C(C)(CCC(C)C(=C)CCC(C)C(=C)C)OC(CCCCCCCCCCCCCCCCCCCc2cc(OC)cc(OC)c2O)C(CCCCCCCC)OC2CC(C)(C)C(C=CC(C)=CC=CC(C)=CC=CC=C(C)C=CC=C(C)C=CC3=C(C)CCCC3(C)C)=C(C)C2=O)O1. The van der Waals surface area contributed by atoms with E-state index in [2.05, 4.69) is 223 Å². The number of ether oxygens (including phenoxy) is 5. The third kappa shape index (κ3) is 39.7. The second kappa shape index (κ2) is 56.2. The maximum Gasteiger partial charge on any atom is 0.187 e. The molecule has 2 aliphatic carbocycles. The van der Waals surface area contributed by atoms with Gasteiger partial charge >= 0.3 is 0 Å². The highest BCUT2D eigenvalue weighted by atomic mass is 16.6. The van der Waals surface area contributed by atoms with E-state index in [1.165, 1.54) is 179 Å². The summed E-state index contributed by atoms with van der Waals surface area (Å²) in [5.74, 6) is 2.94. The summed E-state index contributed by atoms with van der Waals surface area (Å²) in [6, 6.07) is 3.66. The van der Waals surface area contributed by atoms with E-state index in [1.54, 1.807) is 20.3 Å². The van der Waals surface area contributed by atoms with Gasteiger partial charge in [-0.05, 0) is 242 Å². The Bertz CT molecular complexity index is 3590. The number of Topliss-reactive ketones (excluding diaryl/α,β-unsaturated/α-hetero) is 1. The fourth-order valence-corrected chi connectivity index (χ4v) is 17.8. The smallest absolute Gasteiger partial charge is 0.187 e. The molecule has 1 aliphatic heterocycles. The third-order valence-electron chi connectivity index (χ3n) is 27.3. The van der Waals surface area contributed by atoms with Gasteiger partial charge in [-0.25, -0.2) is 0 Å². The van der Waals surface area contributed by atoms with Crippen LogP contribution in [0.5, 0.6) is 17.2 Å². The van der Waals surface area contributed by atoms with E-state index in [9.17, 15) is 10.2 Å². The van der Waals surface area contributed by atoms with E-state index in [1.807, 2.05) is 19.9 Å². The zero-order valence-corrected chi connectivity index (χ0v) is 80.4. The summed E-state index contributed by atoms with van der Waals surface area (Å²) in [5.41, 5.74) is 13.6. The molecule has 4 rings (SSSR count). The van der Waals surface area contributed by atoms with Crippen LogP contribution in [0.2, 0.25) is 0 Å². The van der Waals surface area contributed by atoms with Gasteiger partial charge in [0, 0.05) is 11.6 Å². The molecular weight excluding hydrogens is 1460 g/mol. The molecule has 0 spiro atoms. The Morgan fingerprint density at radius 1 is 0.546 bits per heavy atom. The van der Waals surface area contributed by atoms with Gasteiger partial charge in [-0.1, -0.05) is 365 Å². The van der Waals surface area contributed by atoms with Gasteiger partial charge in [0.25, 0.3) is 0 Å². The van der Waals surface area contributed by atoms with E-state index in [0.29, 0.717) is 30.4 Å². The number of aliphatic hydroxyl groups is 1. The average Bonchev–Trinajstić information content (AvgIpc) is 1.70. The highest BCUT2D eigenvalue weighted by molar-refractivity contribution is 6.00. The number of carbonyl (C=O) groups excluding carboxylic acids is 1. The molecule has 670 valence electrons. The minimum Gasteiger partial charge on any atom is -0.504 e. The quantitative estimate of drug-likeness (QED) is 0.0378. The molecule has 2 N–H and O–H groups in total. The number of hydrogen-bond donors (Lipinski definition) is 2. The van der Waals surface area contributed by atoms with Gasteiger partial charge in [0.1, 0.15) is 11.9 Å². The fraction of sp³-hybridized carbons (Fsp3) is 0.667. The Hall–Kier alpha value is -5.77. The number of ketones is 1. The molecule has 0 amide bonds. The van der Waals surface area contributed by atoms with Crippen LogP contribution in [0.15, 0.2) is 190 Å². The summed E-state index contributed by atoms with van der Waals surface area (Å²) in [6.45, 7) is 60.0. The fourth-order valence-electron chi connectivity index (χ4n) is 17.8. The first-order valence-electron chi connectivity index (χ1n) is 47.8. The van der Waals surface area contributed by atoms with Crippen molar-refractivity contribution in [2.75, 3.05) is 14.2 Å². The van der Waals surface area contributed by atoms with Crippen LogP contribution in [-0.4, -0.2) is 71.9 Å². The molecule has 0 aromatic heterocycles. The van der Waals surface area contributed by atoms with Crippen LogP contribution in [0.25, 0.3) is 0 Å². The number of rotatable bonds is 62.